The molecule has 71 heavy (non-hydrogen) atoms. The number of aromatic nitrogens is 8. The molecule has 0 aliphatic carbocycles. The average molecular weight is 1120 g/mol. The Morgan fingerprint density at radius 1 is 0.465 bits per heavy atom. The summed E-state index contributed by atoms with van der Waals surface area (Å²) in [6.07, 6.45) is 11.6. The smallest absolute Gasteiger partial charge is 0.137 e. The SMILES string of the molecule is COc1ccc(CCc2ncnc(Cl)c2CCCl)cc1.COc1ccc(CCc2ncnc(Cl)c2CCO)cc1.COc1ccc(CN2CCc3c(Cl)ncnc32)cc1.OCCc1c(Cl)ncnc1Cl.[V]. The Morgan fingerprint density at radius 2 is 0.845 bits per heavy atom. The van der Waals surface area contributed by atoms with E-state index in [9.17, 15) is 0 Å². The maximum Gasteiger partial charge on any atom is 0.137 e. The molecular formula is C50H53Cl6N9O5V. The van der Waals surface area contributed by atoms with Crippen LogP contribution in [0.15, 0.2) is 98.1 Å². The second-order valence-corrected chi connectivity index (χ2v) is 17.3. The van der Waals surface area contributed by atoms with Crippen LogP contribution in [0.5, 0.6) is 17.2 Å². The predicted molar refractivity (Wildman–Crippen MR) is 278 cm³/mol. The van der Waals surface area contributed by atoms with Gasteiger partial charge in [-0.05, 0) is 91.6 Å². The number of hydrogen-bond donors (Lipinski definition) is 2. The zero-order chi connectivity index (χ0) is 50.3. The van der Waals surface area contributed by atoms with Crippen molar-refractivity contribution in [1.29, 1.82) is 0 Å². The van der Waals surface area contributed by atoms with Gasteiger partial charge in [-0.25, -0.2) is 39.9 Å². The monoisotopic (exact) mass is 1120 g/mol. The second-order valence-electron chi connectivity index (χ2n) is 15.2. The summed E-state index contributed by atoms with van der Waals surface area (Å²) in [5.74, 6) is 4.05. The summed E-state index contributed by atoms with van der Waals surface area (Å²) in [6.45, 7) is 1.79. The molecule has 0 saturated heterocycles. The maximum absolute atomic E-state index is 9.08. The van der Waals surface area contributed by atoms with E-state index in [-0.39, 0.29) is 31.8 Å². The van der Waals surface area contributed by atoms with E-state index in [1.807, 2.05) is 48.5 Å². The van der Waals surface area contributed by atoms with Gasteiger partial charge in [0.05, 0.1) is 21.3 Å². The molecule has 375 valence electrons. The van der Waals surface area contributed by atoms with Gasteiger partial charge in [0.2, 0.25) is 0 Å². The molecule has 2 N–H and O–H groups in total. The molecule has 4 aromatic heterocycles. The Hall–Kier alpha value is -4.58. The molecule has 0 atom stereocenters. The van der Waals surface area contributed by atoms with Gasteiger partial charge >= 0.3 is 0 Å². The molecule has 8 rings (SSSR count). The number of aryl methyl sites for hydroxylation is 4. The fourth-order valence-electron chi connectivity index (χ4n) is 7.11. The van der Waals surface area contributed by atoms with Crippen LogP contribution in [0, 0.1) is 0 Å². The molecule has 1 radical (unpaired) electrons. The molecule has 1 aliphatic heterocycles. The first-order valence-corrected chi connectivity index (χ1v) is 24.5. The van der Waals surface area contributed by atoms with Gasteiger partial charge in [0, 0.05) is 97.2 Å². The Labute approximate surface area is 456 Å². The molecular weight excluding hydrogens is 1070 g/mol. The molecule has 0 amide bonds. The maximum atomic E-state index is 9.08. The first kappa shape index (κ1) is 59.0. The van der Waals surface area contributed by atoms with Gasteiger partial charge < -0.3 is 29.3 Å². The zero-order valence-corrected chi connectivity index (χ0v) is 45.2. The number of rotatable bonds is 17. The first-order chi connectivity index (χ1) is 34.0. The van der Waals surface area contributed by atoms with E-state index in [0.29, 0.717) is 56.5 Å². The third kappa shape index (κ3) is 18.5. The molecule has 14 nitrogen and oxygen atoms in total. The van der Waals surface area contributed by atoms with Gasteiger partial charge in [-0.15, -0.1) is 11.6 Å². The standard InChI is InChI=1S/C15H16Cl2N2O.C15H17ClN2O2.C14H14ClN3O.C6H6Cl2N2O.V/c1-20-12-5-2-11(3-6-12)4-7-14-13(8-9-16)15(17)19-10-18-14;1-20-12-5-2-11(3-6-12)4-7-14-13(8-9-19)15(16)18-10-17-14;1-19-11-4-2-10(3-5-11)8-18-7-6-12-13(15)16-9-17-14(12)18;7-5-4(1-2-11)6(8)10-3-9-5;/h2-3,5-6,10H,4,7-9H2,1H3;2-3,5-6,10,19H,4,7-9H2,1H3;2-5,9H,6-8H2,1H3;3,11H,1-2H2;. The molecule has 0 bridgehead atoms. The van der Waals surface area contributed by atoms with Crippen LogP contribution in [0.1, 0.15) is 50.3 Å². The minimum atomic E-state index is -0.00713. The number of anilines is 1. The third-order valence-electron chi connectivity index (χ3n) is 10.8. The molecule has 0 fully saturated rings. The van der Waals surface area contributed by atoms with Gasteiger partial charge in [-0.1, -0.05) is 94.4 Å². The van der Waals surface area contributed by atoms with Crippen molar-refractivity contribution in [2.75, 3.05) is 51.9 Å². The normalized spacial score (nSPS) is 11.1. The van der Waals surface area contributed by atoms with Gasteiger partial charge in [0.15, 0.2) is 0 Å². The molecule has 7 aromatic rings. The van der Waals surface area contributed by atoms with E-state index in [1.165, 1.54) is 42.0 Å². The Morgan fingerprint density at radius 3 is 1.28 bits per heavy atom. The average Bonchev–Trinajstić information content (AvgIpc) is 3.80. The number of benzene rings is 3. The number of aliphatic hydroxyl groups excluding tert-OH is 2. The summed E-state index contributed by atoms with van der Waals surface area (Å²) in [5, 5.41) is 19.8. The van der Waals surface area contributed by atoms with Gasteiger partial charge in [-0.3, -0.25) is 0 Å². The van der Waals surface area contributed by atoms with E-state index in [0.717, 1.165) is 96.3 Å². The van der Waals surface area contributed by atoms with Crippen LogP contribution in [-0.2, 0) is 76.5 Å². The van der Waals surface area contributed by atoms with E-state index in [4.69, 9.17) is 94.0 Å². The quantitative estimate of drug-likeness (QED) is 0.0651. The van der Waals surface area contributed by atoms with Crippen molar-refractivity contribution in [3.05, 3.63) is 174 Å². The summed E-state index contributed by atoms with van der Waals surface area (Å²) in [7, 11) is 4.99. The number of hydrogen-bond acceptors (Lipinski definition) is 14. The molecule has 21 heteroatoms. The number of halogens is 6. The van der Waals surface area contributed by atoms with Crippen LogP contribution in [-0.4, -0.2) is 97.1 Å². The van der Waals surface area contributed by atoms with Crippen molar-refractivity contribution in [2.24, 2.45) is 0 Å². The second kappa shape index (κ2) is 31.8. The topological polar surface area (TPSA) is 175 Å². The largest absolute Gasteiger partial charge is 0.497 e. The zero-order valence-electron chi connectivity index (χ0n) is 39.3. The summed E-state index contributed by atoms with van der Waals surface area (Å²) in [6, 6.07) is 24.1. The van der Waals surface area contributed by atoms with Crippen molar-refractivity contribution >= 4 is 75.4 Å². The van der Waals surface area contributed by atoms with E-state index < -0.39 is 0 Å². The number of aliphatic hydroxyl groups is 2. The van der Waals surface area contributed by atoms with Gasteiger partial charge in [0.25, 0.3) is 0 Å². The minimum Gasteiger partial charge on any atom is -0.497 e. The van der Waals surface area contributed by atoms with Crippen LogP contribution in [0.25, 0.3) is 0 Å². The fourth-order valence-corrected chi connectivity index (χ4v) is 8.52. The first-order valence-electron chi connectivity index (χ1n) is 22.0. The van der Waals surface area contributed by atoms with Crippen molar-refractivity contribution in [2.45, 2.75) is 57.9 Å². The Balaban J connectivity index is 0.000000209. The summed E-state index contributed by atoms with van der Waals surface area (Å²) < 4.78 is 15.4. The Bertz CT molecular complexity index is 2560. The molecule has 1 aliphatic rings. The number of nitrogens with zero attached hydrogens (tertiary/aromatic N) is 9. The number of fused-ring (bicyclic) bond motifs is 1. The van der Waals surface area contributed by atoms with Gasteiger partial charge in [-0.2, -0.15) is 0 Å². The third-order valence-corrected chi connectivity index (χ3v) is 12.6. The molecule has 0 spiro atoms. The fraction of sp³-hybridized carbons (Fsp3) is 0.320. The van der Waals surface area contributed by atoms with Crippen LogP contribution in [0.3, 0.4) is 0 Å². The van der Waals surface area contributed by atoms with Crippen LogP contribution in [0.2, 0.25) is 25.8 Å². The van der Waals surface area contributed by atoms with E-state index >= 15 is 0 Å². The van der Waals surface area contributed by atoms with Crippen molar-refractivity contribution in [3.8, 4) is 17.2 Å². The molecule has 0 unspecified atom stereocenters. The summed E-state index contributed by atoms with van der Waals surface area (Å²) >= 11 is 35.4. The minimum absolute atomic E-state index is 0. The van der Waals surface area contributed by atoms with E-state index in [1.54, 1.807) is 21.3 Å². The van der Waals surface area contributed by atoms with Crippen molar-refractivity contribution in [3.63, 3.8) is 0 Å². The van der Waals surface area contributed by atoms with Crippen molar-refractivity contribution < 1.29 is 43.0 Å². The van der Waals surface area contributed by atoms with Gasteiger partial charge in [0.1, 0.15) is 74.1 Å². The molecule has 0 saturated carbocycles. The summed E-state index contributed by atoms with van der Waals surface area (Å²) in [4.78, 5) is 34.6. The molecule has 3 aromatic carbocycles. The van der Waals surface area contributed by atoms with Crippen LogP contribution in [0.4, 0.5) is 5.82 Å². The Kier molecular flexibility index (Phi) is 26.4. The van der Waals surface area contributed by atoms with Crippen LogP contribution < -0.4 is 19.1 Å². The predicted octanol–water partition coefficient (Wildman–Crippen LogP) is 10.2. The summed E-state index contributed by atoms with van der Waals surface area (Å²) in [5.41, 5.74) is 8.98. The molecule has 5 heterocycles. The van der Waals surface area contributed by atoms with E-state index in [2.05, 4.69) is 69.0 Å². The number of alkyl halides is 1. The number of methoxy groups -OCH3 is 3. The number of ether oxygens (including phenoxy) is 3. The van der Waals surface area contributed by atoms with Crippen LogP contribution >= 0.6 is 69.6 Å². The van der Waals surface area contributed by atoms with Crippen molar-refractivity contribution in [1.82, 2.24) is 39.9 Å².